The molecule has 0 spiro atoms. The summed E-state index contributed by atoms with van der Waals surface area (Å²) in [5, 5.41) is 19.5. The molecule has 2 atom stereocenters. The average molecular weight is 309 g/mol. The lowest BCUT2D eigenvalue weighted by molar-refractivity contribution is -0.142. The van der Waals surface area contributed by atoms with Crippen LogP contribution in [0.25, 0.3) is 0 Å². The summed E-state index contributed by atoms with van der Waals surface area (Å²) in [6.07, 6.45) is -0.848. The van der Waals surface area contributed by atoms with E-state index in [4.69, 9.17) is 9.47 Å². The summed E-state index contributed by atoms with van der Waals surface area (Å²) in [6, 6.07) is 7.95. The Labute approximate surface area is 128 Å². The molecular weight excluding hydrogens is 290 g/mol. The van der Waals surface area contributed by atoms with Crippen molar-refractivity contribution in [2.75, 3.05) is 20.3 Å². The molecule has 0 radical (unpaired) electrons. The van der Waals surface area contributed by atoms with Crippen molar-refractivity contribution in [3.05, 3.63) is 35.9 Å². The van der Waals surface area contributed by atoms with E-state index in [0.29, 0.717) is 0 Å². The van der Waals surface area contributed by atoms with Crippen LogP contribution in [0.2, 0.25) is 0 Å². The highest BCUT2D eigenvalue weighted by atomic mass is 16.6. The molecule has 1 saturated heterocycles. The summed E-state index contributed by atoms with van der Waals surface area (Å²) >= 11 is 0. The summed E-state index contributed by atoms with van der Waals surface area (Å²) < 4.78 is 10.0. The predicted octanol–water partition coefficient (Wildman–Crippen LogP) is 0.860. The smallest absolute Gasteiger partial charge is 0.410 e. The van der Waals surface area contributed by atoms with Gasteiger partial charge in [-0.05, 0) is 5.56 Å². The Balaban J connectivity index is 2.01. The maximum Gasteiger partial charge on any atom is 0.410 e. The van der Waals surface area contributed by atoms with Gasteiger partial charge in [0.15, 0.2) is 0 Å². The first-order chi connectivity index (χ1) is 10.4. The number of carbonyl (C=O) groups excluding carboxylic acids is 1. The standard InChI is InChI=1S/C15H19NO6/c1-21-10-15(20)7-12(13(17)18)16(9-15)14(19)22-8-11-5-3-2-4-6-11/h2-6,12,20H,7-10H2,1H3,(H,17,18)/t12-,15+/m0/s1. The minimum absolute atomic E-state index is 0.0424. The van der Waals surface area contributed by atoms with Gasteiger partial charge < -0.3 is 19.7 Å². The molecule has 2 N–H and O–H groups in total. The van der Waals surface area contributed by atoms with E-state index >= 15 is 0 Å². The monoisotopic (exact) mass is 309 g/mol. The number of amides is 1. The zero-order chi connectivity index (χ0) is 16.2. The first-order valence-corrected chi connectivity index (χ1v) is 6.87. The quantitative estimate of drug-likeness (QED) is 0.837. The molecule has 1 aromatic carbocycles. The Morgan fingerprint density at radius 1 is 1.36 bits per heavy atom. The van der Waals surface area contributed by atoms with Crippen LogP contribution < -0.4 is 0 Å². The molecule has 1 aliphatic heterocycles. The van der Waals surface area contributed by atoms with Crippen LogP contribution in [0.5, 0.6) is 0 Å². The second kappa shape index (κ2) is 6.76. The molecule has 7 nitrogen and oxygen atoms in total. The van der Waals surface area contributed by atoms with Crippen molar-refractivity contribution in [1.82, 2.24) is 4.90 Å². The second-order valence-corrected chi connectivity index (χ2v) is 5.38. The number of likely N-dealkylation sites (tertiary alicyclic amines) is 1. The number of nitrogens with zero attached hydrogens (tertiary/aromatic N) is 1. The van der Waals surface area contributed by atoms with Gasteiger partial charge in [0.2, 0.25) is 0 Å². The topological polar surface area (TPSA) is 96.3 Å². The highest BCUT2D eigenvalue weighted by Gasteiger charge is 2.48. The van der Waals surface area contributed by atoms with Crippen LogP contribution in [0, 0.1) is 0 Å². The van der Waals surface area contributed by atoms with Gasteiger partial charge in [0.1, 0.15) is 18.2 Å². The van der Waals surface area contributed by atoms with Gasteiger partial charge in [-0.15, -0.1) is 0 Å². The van der Waals surface area contributed by atoms with E-state index in [2.05, 4.69) is 0 Å². The van der Waals surface area contributed by atoms with Crippen molar-refractivity contribution in [3.63, 3.8) is 0 Å². The number of rotatable bonds is 5. The number of carboxylic acids is 1. The van der Waals surface area contributed by atoms with Gasteiger partial charge in [0, 0.05) is 13.5 Å². The Morgan fingerprint density at radius 2 is 2.05 bits per heavy atom. The number of carboxylic acid groups (broad SMARTS) is 1. The molecular formula is C15H19NO6. The number of β-amino-alcohol motifs (C(OH)–C–C–N with tert-alkyl or cyclic N) is 1. The molecule has 7 heteroatoms. The normalized spacial score (nSPS) is 24.3. The number of aliphatic hydroxyl groups is 1. The molecule has 22 heavy (non-hydrogen) atoms. The lowest BCUT2D eigenvalue weighted by Crippen LogP contribution is -2.42. The molecule has 0 saturated carbocycles. The van der Waals surface area contributed by atoms with E-state index in [1.807, 2.05) is 18.2 Å². The fourth-order valence-corrected chi connectivity index (χ4v) is 2.55. The lowest BCUT2D eigenvalue weighted by Gasteiger charge is -2.22. The molecule has 120 valence electrons. The van der Waals surface area contributed by atoms with Crippen molar-refractivity contribution in [2.45, 2.75) is 24.7 Å². The summed E-state index contributed by atoms with van der Waals surface area (Å²) in [5.41, 5.74) is -0.571. The fourth-order valence-electron chi connectivity index (χ4n) is 2.55. The molecule has 1 aliphatic rings. The summed E-state index contributed by atoms with van der Waals surface area (Å²) in [4.78, 5) is 24.4. The minimum Gasteiger partial charge on any atom is -0.480 e. The molecule has 1 aromatic rings. The number of ether oxygens (including phenoxy) is 2. The van der Waals surface area contributed by atoms with Crippen molar-refractivity contribution in [3.8, 4) is 0 Å². The molecule has 1 heterocycles. The molecule has 1 amide bonds. The zero-order valence-corrected chi connectivity index (χ0v) is 12.3. The number of hydrogen-bond acceptors (Lipinski definition) is 5. The zero-order valence-electron chi connectivity index (χ0n) is 12.3. The third kappa shape index (κ3) is 3.75. The van der Waals surface area contributed by atoms with Crippen LogP contribution in [0.1, 0.15) is 12.0 Å². The average Bonchev–Trinajstić information content (AvgIpc) is 2.84. The van der Waals surface area contributed by atoms with Crippen LogP contribution in [0.15, 0.2) is 30.3 Å². The predicted molar refractivity (Wildman–Crippen MR) is 76.2 cm³/mol. The van der Waals surface area contributed by atoms with Gasteiger partial charge in [0.05, 0.1) is 13.2 Å². The Kier molecular flexibility index (Phi) is 4.99. The number of carbonyl (C=O) groups is 2. The minimum atomic E-state index is -1.37. The molecule has 0 bridgehead atoms. The van der Waals surface area contributed by atoms with Crippen molar-refractivity contribution < 1.29 is 29.3 Å². The van der Waals surface area contributed by atoms with Crippen LogP contribution in [-0.4, -0.2) is 59.1 Å². The number of benzene rings is 1. The van der Waals surface area contributed by atoms with E-state index < -0.39 is 23.7 Å². The maximum absolute atomic E-state index is 12.1. The summed E-state index contributed by atoms with van der Waals surface area (Å²) in [7, 11) is 1.41. The molecule has 1 fully saturated rings. The van der Waals surface area contributed by atoms with Crippen molar-refractivity contribution in [2.24, 2.45) is 0 Å². The summed E-state index contributed by atoms with van der Waals surface area (Å²) in [5.74, 6) is -1.18. The van der Waals surface area contributed by atoms with Gasteiger partial charge in [-0.3, -0.25) is 4.90 Å². The largest absolute Gasteiger partial charge is 0.480 e. The third-order valence-electron chi connectivity index (χ3n) is 3.55. The van der Waals surface area contributed by atoms with Gasteiger partial charge in [-0.1, -0.05) is 30.3 Å². The molecule has 0 aliphatic carbocycles. The Bertz CT molecular complexity index is 534. The van der Waals surface area contributed by atoms with Crippen molar-refractivity contribution in [1.29, 1.82) is 0 Å². The number of hydrogen-bond donors (Lipinski definition) is 2. The first-order valence-electron chi connectivity index (χ1n) is 6.87. The van der Waals surface area contributed by atoms with E-state index in [1.165, 1.54) is 7.11 Å². The van der Waals surface area contributed by atoms with Crippen LogP contribution in [-0.2, 0) is 20.9 Å². The van der Waals surface area contributed by atoms with Crippen molar-refractivity contribution >= 4 is 12.1 Å². The Hall–Kier alpha value is -2.12. The van der Waals surface area contributed by atoms with Crippen LogP contribution in [0.4, 0.5) is 4.79 Å². The lowest BCUT2D eigenvalue weighted by atomic mass is 10.0. The Morgan fingerprint density at radius 3 is 2.64 bits per heavy atom. The highest BCUT2D eigenvalue weighted by Crippen LogP contribution is 2.28. The SMILES string of the molecule is COC[C@@]1(O)C[C@@H](C(=O)O)N(C(=O)OCc2ccccc2)C1. The molecule has 0 unspecified atom stereocenters. The van der Waals surface area contributed by atoms with Crippen LogP contribution >= 0.6 is 0 Å². The van der Waals surface area contributed by atoms with E-state index in [-0.39, 0.29) is 26.2 Å². The van der Waals surface area contributed by atoms with Gasteiger partial charge in [-0.2, -0.15) is 0 Å². The number of aliphatic carboxylic acids is 1. The van der Waals surface area contributed by atoms with Gasteiger partial charge >= 0.3 is 12.1 Å². The van der Waals surface area contributed by atoms with Gasteiger partial charge in [0.25, 0.3) is 0 Å². The summed E-state index contributed by atoms with van der Waals surface area (Å²) in [6.45, 7) is -0.129. The fraction of sp³-hybridized carbons (Fsp3) is 0.467. The third-order valence-corrected chi connectivity index (χ3v) is 3.55. The first kappa shape index (κ1) is 16.3. The van der Waals surface area contributed by atoms with E-state index in [0.717, 1.165) is 10.5 Å². The number of methoxy groups -OCH3 is 1. The molecule has 0 aromatic heterocycles. The molecule has 2 rings (SSSR count). The second-order valence-electron chi connectivity index (χ2n) is 5.38. The van der Waals surface area contributed by atoms with E-state index in [1.54, 1.807) is 12.1 Å². The highest BCUT2D eigenvalue weighted by molar-refractivity contribution is 5.81. The van der Waals surface area contributed by atoms with Gasteiger partial charge in [-0.25, -0.2) is 9.59 Å². The maximum atomic E-state index is 12.1. The van der Waals surface area contributed by atoms with Crippen LogP contribution in [0.3, 0.4) is 0 Å². The van der Waals surface area contributed by atoms with E-state index in [9.17, 15) is 19.8 Å².